The zero-order valence-corrected chi connectivity index (χ0v) is 14.8. The van der Waals surface area contributed by atoms with Crippen LogP contribution in [0.4, 0.5) is 11.4 Å². The second-order valence-corrected chi connectivity index (χ2v) is 7.19. The van der Waals surface area contributed by atoms with Gasteiger partial charge in [0.05, 0.1) is 5.92 Å². The molecule has 0 aliphatic carbocycles. The third kappa shape index (κ3) is 2.10. The van der Waals surface area contributed by atoms with E-state index in [1.807, 2.05) is 79.7 Å². The Labute approximate surface area is 157 Å². The number of Topliss-reactive ketones (excluding diaryl/α,β-unsaturated/α-hetero) is 1. The molecule has 5 rings (SSSR count). The lowest BCUT2D eigenvalue weighted by Crippen LogP contribution is -2.52. The highest BCUT2D eigenvalue weighted by molar-refractivity contribution is 6.18. The van der Waals surface area contributed by atoms with E-state index in [4.69, 9.17) is 0 Å². The fraction of sp³-hybridized carbons (Fsp3) is 0.130. The molecule has 3 aromatic rings. The Morgan fingerprint density at radius 1 is 0.815 bits per heavy atom. The van der Waals surface area contributed by atoms with Crippen molar-refractivity contribution in [2.24, 2.45) is 0 Å². The first-order chi connectivity index (χ1) is 13.1. The second-order valence-electron chi connectivity index (χ2n) is 7.19. The van der Waals surface area contributed by atoms with E-state index in [-0.39, 0.29) is 11.7 Å². The highest BCUT2D eigenvalue weighted by Gasteiger charge is 2.58. The monoisotopic (exact) mass is 354 g/mol. The number of carbonyl (C=O) groups is 2. The van der Waals surface area contributed by atoms with Crippen molar-refractivity contribution in [3.63, 3.8) is 0 Å². The van der Waals surface area contributed by atoms with Crippen molar-refractivity contribution >= 4 is 23.1 Å². The highest BCUT2D eigenvalue weighted by Crippen LogP contribution is 2.52. The minimum absolute atomic E-state index is 0.0416. The third-order valence-corrected chi connectivity index (χ3v) is 5.59. The topological polar surface area (TPSA) is 58.2 Å². The van der Waals surface area contributed by atoms with Crippen LogP contribution < -0.4 is 10.6 Å². The molecule has 2 N–H and O–H groups in total. The first-order valence-corrected chi connectivity index (χ1v) is 9.00. The van der Waals surface area contributed by atoms with E-state index >= 15 is 0 Å². The Morgan fingerprint density at radius 2 is 1.48 bits per heavy atom. The van der Waals surface area contributed by atoms with Gasteiger partial charge < -0.3 is 10.6 Å². The van der Waals surface area contributed by atoms with E-state index in [1.165, 1.54) is 0 Å². The van der Waals surface area contributed by atoms with Gasteiger partial charge in [-0.3, -0.25) is 9.59 Å². The van der Waals surface area contributed by atoms with Gasteiger partial charge in [0.1, 0.15) is 0 Å². The molecule has 132 valence electrons. The van der Waals surface area contributed by atoms with Crippen LogP contribution in [0.5, 0.6) is 0 Å². The largest absolute Gasteiger partial charge is 0.366 e. The van der Waals surface area contributed by atoms with Crippen LogP contribution in [0.25, 0.3) is 0 Å². The molecule has 1 spiro atoms. The van der Waals surface area contributed by atoms with Crippen molar-refractivity contribution in [2.45, 2.75) is 18.4 Å². The van der Waals surface area contributed by atoms with Gasteiger partial charge in [0.2, 0.25) is 0 Å². The lowest BCUT2D eigenvalue weighted by Gasteiger charge is -2.41. The number of carbonyl (C=O) groups excluding carboxylic acids is 2. The normalized spacial score (nSPS) is 22.8. The first kappa shape index (κ1) is 15.8. The predicted molar refractivity (Wildman–Crippen MR) is 105 cm³/mol. The standard InChI is InChI=1S/C23H18N2O2/c1-14-10-12-15(13-11-14)20-21(26)16-6-2-4-8-18(16)25-23(20)17-7-3-5-9-19(17)24-22(23)27/h2-13,20,25H,1H3,(H,24,27). The maximum Gasteiger partial charge on any atom is 0.255 e. The molecule has 0 bridgehead atoms. The van der Waals surface area contributed by atoms with Crippen molar-refractivity contribution in [3.05, 3.63) is 95.1 Å². The minimum atomic E-state index is -1.16. The average molecular weight is 354 g/mol. The lowest BCUT2D eigenvalue weighted by atomic mass is 9.69. The molecule has 1 amide bonds. The summed E-state index contributed by atoms with van der Waals surface area (Å²) >= 11 is 0. The number of hydrogen-bond donors (Lipinski definition) is 2. The number of para-hydroxylation sites is 2. The number of fused-ring (bicyclic) bond motifs is 3. The molecule has 4 nitrogen and oxygen atoms in total. The van der Waals surface area contributed by atoms with Gasteiger partial charge in [0, 0.05) is 22.5 Å². The van der Waals surface area contributed by atoms with E-state index in [0.29, 0.717) is 11.3 Å². The average Bonchev–Trinajstić information content (AvgIpc) is 2.95. The summed E-state index contributed by atoms with van der Waals surface area (Å²) < 4.78 is 0. The number of amides is 1. The van der Waals surface area contributed by atoms with E-state index in [0.717, 1.165) is 22.4 Å². The zero-order valence-electron chi connectivity index (χ0n) is 14.8. The number of hydrogen-bond acceptors (Lipinski definition) is 3. The van der Waals surface area contributed by atoms with Crippen molar-refractivity contribution in [1.82, 2.24) is 0 Å². The van der Waals surface area contributed by atoms with Gasteiger partial charge in [-0.1, -0.05) is 60.2 Å². The summed E-state index contributed by atoms with van der Waals surface area (Å²) in [5.41, 5.74) is 3.66. The van der Waals surface area contributed by atoms with Gasteiger partial charge >= 0.3 is 0 Å². The molecule has 0 aromatic heterocycles. The summed E-state index contributed by atoms with van der Waals surface area (Å²) in [5.74, 6) is -0.881. The maximum atomic E-state index is 13.6. The summed E-state index contributed by atoms with van der Waals surface area (Å²) in [6.45, 7) is 2.01. The van der Waals surface area contributed by atoms with E-state index in [2.05, 4.69) is 10.6 Å². The molecule has 2 aliphatic rings. The zero-order chi connectivity index (χ0) is 18.6. The summed E-state index contributed by atoms with van der Waals surface area (Å²) in [7, 11) is 0. The van der Waals surface area contributed by atoms with E-state index in [9.17, 15) is 9.59 Å². The molecule has 2 aliphatic heterocycles. The number of ketones is 1. The van der Waals surface area contributed by atoms with Crippen LogP contribution >= 0.6 is 0 Å². The van der Waals surface area contributed by atoms with Crippen molar-refractivity contribution < 1.29 is 9.59 Å². The van der Waals surface area contributed by atoms with Crippen LogP contribution in [0.2, 0.25) is 0 Å². The van der Waals surface area contributed by atoms with Crippen molar-refractivity contribution in [1.29, 1.82) is 0 Å². The smallest absolute Gasteiger partial charge is 0.255 e. The van der Waals surface area contributed by atoms with Gasteiger partial charge in [-0.05, 0) is 30.7 Å². The lowest BCUT2D eigenvalue weighted by molar-refractivity contribution is -0.120. The molecule has 4 heteroatoms. The fourth-order valence-corrected chi connectivity index (χ4v) is 4.29. The fourth-order valence-electron chi connectivity index (χ4n) is 4.29. The summed E-state index contributed by atoms with van der Waals surface area (Å²) in [5, 5.41) is 6.41. The van der Waals surface area contributed by atoms with Crippen LogP contribution in [0, 0.1) is 6.92 Å². The van der Waals surface area contributed by atoms with E-state index < -0.39 is 11.5 Å². The Bertz CT molecular complexity index is 1090. The summed E-state index contributed by atoms with van der Waals surface area (Å²) in [6.07, 6.45) is 0. The van der Waals surface area contributed by atoms with Crippen LogP contribution in [0.15, 0.2) is 72.8 Å². The molecular formula is C23H18N2O2. The highest BCUT2D eigenvalue weighted by atomic mass is 16.2. The molecule has 0 saturated heterocycles. The number of benzene rings is 3. The molecule has 3 aromatic carbocycles. The van der Waals surface area contributed by atoms with Gasteiger partial charge in [0.25, 0.3) is 5.91 Å². The third-order valence-electron chi connectivity index (χ3n) is 5.59. The summed E-state index contributed by atoms with van der Waals surface area (Å²) in [6, 6.07) is 22.8. The number of nitrogens with one attached hydrogen (secondary N) is 2. The number of anilines is 2. The first-order valence-electron chi connectivity index (χ1n) is 9.00. The Kier molecular flexibility index (Phi) is 3.25. The molecule has 2 atom stereocenters. The number of aryl methyl sites for hydroxylation is 1. The Morgan fingerprint density at radius 3 is 2.26 bits per heavy atom. The quantitative estimate of drug-likeness (QED) is 0.687. The van der Waals surface area contributed by atoms with Gasteiger partial charge in [-0.2, -0.15) is 0 Å². The molecule has 0 radical (unpaired) electrons. The van der Waals surface area contributed by atoms with Crippen LogP contribution in [-0.4, -0.2) is 11.7 Å². The van der Waals surface area contributed by atoms with E-state index in [1.54, 1.807) is 0 Å². The molecule has 0 saturated carbocycles. The molecule has 2 unspecified atom stereocenters. The molecule has 0 fully saturated rings. The van der Waals surface area contributed by atoms with Crippen LogP contribution in [0.1, 0.15) is 33.0 Å². The van der Waals surface area contributed by atoms with Gasteiger partial charge in [-0.25, -0.2) is 0 Å². The van der Waals surface area contributed by atoms with Crippen molar-refractivity contribution in [2.75, 3.05) is 10.6 Å². The maximum absolute atomic E-state index is 13.6. The SMILES string of the molecule is Cc1ccc(C2C(=O)c3ccccc3NC23C(=O)Nc2ccccc23)cc1. The van der Waals surface area contributed by atoms with Gasteiger partial charge in [0.15, 0.2) is 11.3 Å². The van der Waals surface area contributed by atoms with Crippen LogP contribution in [0.3, 0.4) is 0 Å². The van der Waals surface area contributed by atoms with Crippen molar-refractivity contribution in [3.8, 4) is 0 Å². The Hall–Kier alpha value is -3.40. The minimum Gasteiger partial charge on any atom is -0.366 e. The predicted octanol–water partition coefficient (Wildman–Crippen LogP) is 4.23. The molecule has 2 heterocycles. The second kappa shape index (κ2) is 5.55. The summed E-state index contributed by atoms with van der Waals surface area (Å²) in [4.78, 5) is 26.9. The van der Waals surface area contributed by atoms with Gasteiger partial charge in [-0.15, -0.1) is 0 Å². The molecule has 27 heavy (non-hydrogen) atoms. The molecular weight excluding hydrogens is 336 g/mol. The number of rotatable bonds is 1. The van der Waals surface area contributed by atoms with Crippen LogP contribution in [-0.2, 0) is 10.3 Å². The Balaban J connectivity index is 1.81.